The van der Waals surface area contributed by atoms with E-state index in [0.717, 1.165) is 0 Å². The molecule has 0 bridgehead atoms. The van der Waals surface area contributed by atoms with Crippen molar-refractivity contribution in [2.24, 2.45) is 11.1 Å². The van der Waals surface area contributed by atoms with Crippen LogP contribution < -0.4 is 0 Å². The fraction of sp³-hybridized carbons (Fsp3) is 0.571. The monoisotopic (exact) mass is 125 g/mol. The van der Waals surface area contributed by atoms with Gasteiger partial charge in [0.05, 0.1) is 0 Å². The molecule has 1 N–H and O–H groups in total. The van der Waals surface area contributed by atoms with E-state index in [1.807, 2.05) is 13.8 Å². The topological polar surface area (TPSA) is 32.6 Å². The van der Waals surface area contributed by atoms with Crippen molar-refractivity contribution in [1.82, 2.24) is 0 Å². The quantitative estimate of drug-likeness (QED) is 0.226. The second kappa shape index (κ2) is 3.96. The summed E-state index contributed by atoms with van der Waals surface area (Å²) in [7, 11) is 0. The van der Waals surface area contributed by atoms with Gasteiger partial charge in [-0.1, -0.05) is 24.9 Å². The molecule has 0 unspecified atom stereocenters. The third-order valence-electron chi connectivity index (χ3n) is 0.692. The molecule has 2 heteroatoms. The Kier molecular flexibility index (Phi) is 3.54. The van der Waals surface area contributed by atoms with Crippen molar-refractivity contribution in [2.75, 3.05) is 0 Å². The van der Waals surface area contributed by atoms with E-state index in [2.05, 4.69) is 17.0 Å². The highest BCUT2D eigenvalue weighted by molar-refractivity contribution is 5.97. The van der Waals surface area contributed by atoms with Crippen molar-refractivity contribution in [1.29, 1.82) is 0 Å². The Bertz CT molecular complexity index is 159. The highest BCUT2D eigenvalue weighted by Crippen LogP contribution is 1.85. The van der Waals surface area contributed by atoms with Crippen molar-refractivity contribution < 1.29 is 5.21 Å². The van der Waals surface area contributed by atoms with Gasteiger partial charge in [-0.2, -0.15) is 0 Å². The van der Waals surface area contributed by atoms with Gasteiger partial charge in [-0.25, -0.2) is 0 Å². The zero-order valence-electron chi connectivity index (χ0n) is 5.97. The number of oxime groups is 1. The highest BCUT2D eigenvalue weighted by atomic mass is 16.4. The first kappa shape index (κ1) is 8.03. The van der Waals surface area contributed by atoms with Gasteiger partial charge in [-0.05, 0) is 12.8 Å². The second-order valence-corrected chi connectivity index (χ2v) is 2.11. The summed E-state index contributed by atoms with van der Waals surface area (Å²) in [5.74, 6) is 5.87. The molecular weight excluding hydrogens is 114 g/mol. The Morgan fingerprint density at radius 2 is 2.11 bits per heavy atom. The van der Waals surface area contributed by atoms with E-state index in [1.54, 1.807) is 6.92 Å². The fourth-order valence-corrected chi connectivity index (χ4v) is 0.274. The Morgan fingerprint density at radius 1 is 1.56 bits per heavy atom. The molecule has 0 saturated carbocycles. The lowest BCUT2D eigenvalue weighted by Gasteiger charge is -1.85. The van der Waals surface area contributed by atoms with E-state index >= 15 is 0 Å². The maximum Gasteiger partial charge on any atom is 0.126 e. The van der Waals surface area contributed by atoms with Crippen LogP contribution in [0, 0.1) is 17.8 Å². The summed E-state index contributed by atoms with van der Waals surface area (Å²) in [4.78, 5) is 0. The largest absolute Gasteiger partial charge is 0.410 e. The van der Waals surface area contributed by atoms with Gasteiger partial charge in [-0.15, -0.1) is 0 Å². The molecule has 0 spiro atoms. The van der Waals surface area contributed by atoms with E-state index in [4.69, 9.17) is 5.21 Å². The smallest absolute Gasteiger partial charge is 0.126 e. The SMILES string of the molecule is C/C(C#CC(C)C)=N\O. The molecule has 0 aromatic rings. The minimum Gasteiger partial charge on any atom is -0.410 e. The van der Waals surface area contributed by atoms with Crippen LogP contribution in [0.1, 0.15) is 20.8 Å². The van der Waals surface area contributed by atoms with Crippen molar-refractivity contribution >= 4 is 5.71 Å². The van der Waals surface area contributed by atoms with E-state index in [9.17, 15) is 0 Å². The Balaban J connectivity index is 3.88. The lowest BCUT2D eigenvalue weighted by molar-refractivity contribution is 0.319. The van der Waals surface area contributed by atoms with Gasteiger partial charge in [0.1, 0.15) is 5.71 Å². The van der Waals surface area contributed by atoms with Crippen LogP contribution in [0.5, 0.6) is 0 Å². The summed E-state index contributed by atoms with van der Waals surface area (Å²) >= 11 is 0. The molecule has 0 aliphatic rings. The van der Waals surface area contributed by atoms with Gasteiger partial charge in [0.15, 0.2) is 0 Å². The van der Waals surface area contributed by atoms with Gasteiger partial charge in [0, 0.05) is 5.92 Å². The van der Waals surface area contributed by atoms with Crippen LogP contribution >= 0.6 is 0 Å². The first-order chi connectivity index (χ1) is 4.16. The minimum absolute atomic E-state index is 0.335. The van der Waals surface area contributed by atoms with Gasteiger partial charge in [0.25, 0.3) is 0 Å². The van der Waals surface area contributed by atoms with Crippen LogP contribution in [0.25, 0.3) is 0 Å². The molecule has 0 fully saturated rings. The molecule has 0 heterocycles. The van der Waals surface area contributed by atoms with Crippen molar-refractivity contribution in [3.63, 3.8) is 0 Å². The van der Waals surface area contributed by atoms with E-state index in [-0.39, 0.29) is 0 Å². The van der Waals surface area contributed by atoms with E-state index in [1.165, 1.54) is 0 Å². The van der Waals surface area contributed by atoms with Gasteiger partial charge >= 0.3 is 0 Å². The molecule has 0 rings (SSSR count). The van der Waals surface area contributed by atoms with Gasteiger partial charge in [0.2, 0.25) is 0 Å². The molecule has 0 aromatic heterocycles. The molecule has 0 aliphatic carbocycles. The first-order valence-corrected chi connectivity index (χ1v) is 2.87. The molecule has 2 nitrogen and oxygen atoms in total. The van der Waals surface area contributed by atoms with Crippen LogP contribution in [0.3, 0.4) is 0 Å². The molecule has 0 amide bonds. The molecule has 9 heavy (non-hydrogen) atoms. The molecule has 50 valence electrons. The second-order valence-electron chi connectivity index (χ2n) is 2.11. The number of nitrogens with zero attached hydrogens (tertiary/aromatic N) is 1. The third kappa shape index (κ3) is 4.89. The summed E-state index contributed by atoms with van der Waals surface area (Å²) < 4.78 is 0. The van der Waals surface area contributed by atoms with Crippen molar-refractivity contribution in [2.45, 2.75) is 20.8 Å². The van der Waals surface area contributed by atoms with Gasteiger partial charge in [-0.3, -0.25) is 0 Å². The predicted molar refractivity (Wildman–Crippen MR) is 37.5 cm³/mol. The van der Waals surface area contributed by atoms with Crippen LogP contribution in [0.4, 0.5) is 0 Å². The molecular formula is C7H11NO. The minimum atomic E-state index is 0.335. The zero-order chi connectivity index (χ0) is 7.28. The molecule has 0 aliphatic heterocycles. The fourth-order valence-electron chi connectivity index (χ4n) is 0.274. The molecule has 0 aromatic carbocycles. The summed E-state index contributed by atoms with van der Waals surface area (Å²) in [6.45, 7) is 5.63. The van der Waals surface area contributed by atoms with Crippen molar-refractivity contribution in [3.8, 4) is 11.8 Å². The van der Waals surface area contributed by atoms with Crippen LogP contribution in [-0.4, -0.2) is 10.9 Å². The zero-order valence-corrected chi connectivity index (χ0v) is 5.97. The molecule has 0 saturated heterocycles. The normalized spacial score (nSPS) is 10.9. The summed E-state index contributed by atoms with van der Waals surface area (Å²) in [6, 6.07) is 0. The Hall–Kier alpha value is -0.970. The summed E-state index contributed by atoms with van der Waals surface area (Å²) in [5.41, 5.74) is 0.462. The van der Waals surface area contributed by atoms with Gasteiger partial charge < -0.3 is 5.21 Å². The maximum atomic E-state index is 8.13. The average molecular weight is 125 g/mol. The molecule has 0 radical (unpaired) electrons. The number of hydrogen-bond acceptors (Lipinski definition) is 2. The number of rotatable bonds is 0. The lowest BCUT2D eigenvalue weighted by Crippen LogP contribution is -1.86. The third-order valence-corrected chi connectivity index (χ3v) is 0.692. The summed E-state index contributed by atoms with van der Waals surface area (Å²) in [6.07, 6.45) is 0. The van der Waals surface area contributed by atoms with Crippen LogP contribution in [0.2, 0.25) is 0 Å². The molecule has 0 atom stereocenters. The maximum absolute atomic E-state index is 8.13. The number of hydrogen-bond donors (Lipinski definition) is 1. The Morgan fingerprint density at radius 3 is 2.44 bits per heavy atom. The van der Waals surface area contributed by atoms with Crippen LogP contribution in [-0.2, 0) is 0 Å². The van der Waals surface area contributed by atoms with Crippen LogP contribution in [0.15, 0.2) is 5.16 Å². The standard InChI is InChI=1S/C7H11NO/c1-6(2)4-5-7(3)8-9/h6,9H,1-3H3/b8-7+. The first-order valence-electron chi connectivity index (χ1n) is 2.87. The Labute approximate surface area is 55.6 Å². The van der Waals surface area contributed by atoms with Crippen molar-refractivity contribution in [3.05, 3.63) is 0 Å². The average Bonchev–Trinajstić information content (AvgIpc) is 1.83. The lowest BCUT2D eigenvalue weighted by atomic mass is 10.2. The highest BCUT2D eigenvalue weighted by Gasteiger charge is 1.82. The van der Waals surface area contributed by atoms with E-state index in [0.29, 0.717) is 11.6 Å². The summed E-state index contributed by atoms with van der Waals surface area (Å²) in [5, 5.41) is 11.0. The van der Waals surface area contributed by atoms with E-state index < -0.39 is 0 Å². The predicted octanol–water partition coefficient (Wildman–Crippen LogP) is 1.50.